The first-order valence-corrected chi connectivity index (χ1v) is 6.82. The number of nitrogens with zero attached hydrogens (tertiary/aromatic N) is 1. The lowest BCUT2D eigenvalue weighted by Crippen LogP contribution is -2.42. The monoisotopic (exact) mass is 294 g/mol. The molecule has 1 fully saturated rings. The summed E-state index contributed by atoms with van der Waals surface area (Å²) in [4.78, 5) is 25.0. The molecule has 0 spiro atoms. The number of primary amides is 1. The zero-order valence-corrected chi connectivity index (χ0v) is 11.6. The van der Waals surface area contributed by atoms with E-state index in [4.69, 9.17) is 11.5 Å². The predicted molar refractivity (Wildman–Crippen MR) is 77.8 cm³/mol. The van der Waals surface area contributed by atoms with Gasteiger partial charge in [-0.15, -0.1) is 0 Å². The third-order valence-electron chi connectivity index (χ3n) is 3.64. The molecule has 0 unspecified atom stereocenters. The van der Waals surface area contributed by atoms with E-state index in [0.29, 0.717) is 31.6 Å². The van der Waals surface area contributed by atoms with E-state index in [0.717, 1.165) is 6.07 Å². The van der Waals surface area contributed by atoms with Crippen molar-refractivity contribution in [3.05, 3.63) is 24.0 Å². The first kappa shape index (κ1) is 15.2. The molecular weight excluding hydrogens is 275 g/mol. The van der Waals surface area contributed by atoms with Gasteiger partial charge in [0.15, 0.2) is 0 Å². The van der Waals surface area contributed by atoms with Crippen LogP contribution in [0.3, 0.4) is 0 Å². The lowest BCUT2D eigenvalue weighted by molar-refractivity contribution is -0.123. The van der Waals surface area contributed by atoms with Crippen LogP contribution in [0.25, 0.3) is 0 Å². The van der Waals surface area contributed by atoms with Crippen LogP contribution in [0.1, 0.15) is 12.8 Å². The van der Waals surface area contributed by atoms with Gasteiger partial charge in [0.05, 0.1) is 17.9 Å². The Hall–Kier alpha value is -2.15. The number of carbonyl (C=O) groups is 2. The summed E-state index contributed by atoms with van der Waals surface area (Å²) in [6, 6.07) is 3.83. The molecule has 2 rings (SSSR count). The molecule has 1 saturated heterocycles. The SMILES string of the molecule is NC(=O)C1CCN(CC(=O)Nc2ccc(F)cc2N)CC1. The smallest absolute Gasteiger partial charge is 0.238 e. The van der Waals surface area contributed by atoms with E-state index < -0.39 is 5.82 Å². The van der Waals surface area contributed by atoms with Crippen LogP contribution in [-0.2, 0) is 9.59 Å². The highest BCUT2D eigenvalue weighted by atomic mass is 19.1. The molecule has 2 amide bonds. The Labute approximate surface area is 122 Å². The van der Waals surface area contributed by atoms with Gasteiger partial charge < -0.3 is 16.8 Å². The van der Waals surface area contributed by atoms with Crippen molar-refractivity contribution < 1.29 is 14.0 Å². The molecule has 0 atom stereocenters. The highest BCUT2D eigenvalue weighted by Gasteiger charge is 2.24. The molecule has 0 aliphatic carbocycles. The molecule has 1 aliphatic heterocycles. The van der Waals surface area contributed by atoms with E-state index in [1.54, 1.807) is 0 Å². The second-order valence-electron chi connectivity index (χ2n) is 5.23. The fraction of sp³-hybridized carbons (Fsp3) is 0.429. The standard InChI is InChI=1S/C14H19FN4O2/c15-10-1-2-12(11(16)7-10)18-13(20)8-19-5-3-9(4-6-19)14(17)21/h1-2,7,9H,3-6,8,16H2,(H2,17,21)(H,18,20). The highest BCUT2D eigenvalue weighted by molar-refractivity contribution is 5.95. The first-order chi connectivity index (χ1) is 9.95. The van der Waals surface area contributed by atoms with E-state index in [9.17, 15) is 14.0 Å². The fourth-order valence-electron chi connectivity index (χ4n) is 2.42. The van der Waals surface area contributed by atoms with Gasteiger partial charge in [0.2, 0.25) is 11.8 Å². The minimum absolute atomic E-state index is 0.0999. The average molecular weight is 294 g/mol. The second-order valence-corrected chi connectivity index (χ2v) is 5.23. The Bertz CT molecular complexity index is 542. The third kappa shape index (κ3) is 4.16. The predicted octanol–water partition coefficient (Wildman–Crippen LogP) is 0.544. The lowest BCUT2D eigenvalue weighted by Gasteiger charge is -2.29. The van der Waals surface area contributed by atoms with Crippen LogP contribution in [0, 0.1) is 11.7 Å². The maximum absolute atomic E-state index is 12.9. The zero-order valence-electron chi connectivity index (χ0n) is 11.6. The normalized spacial score (nSPS) is 16.6. The van der Waals surface area contributed by atoms with Crippen molar-refractivity contribution in [2.24, 2.45) is 11.7 Å². The summed E-state index contributed by atoms with van der Waals surface area (Å²) in [5.41, 5.74) is 11.5. The number of rotatable bonds is 4. The summed E-state index contributed by atoms with van der Waals surface area (Å²) in [5, 5.41) is 2.65. The molecule has 21 heavy (non-hydrogen) atoms. The number of hydrogen-bond acceptors (Lipinski definition) is 4. The Morgan fingerprint density at radius 2 is 2.00 bits per heavy atom. The van der Waals surface area contributed by atoms with Gasteiger partial charge in [0, 0.05) is 5.92 Å². The highest BCUT2D eigenvalue weighted by Crippen LogP contribution is 2.20. The first-order valence-electron chi connectivity index (χ1n) is 6.82. The Balaban J connectivity index is 1.84. The van der Waals surface area contributed by atoms with Crippen LogP contribution in [0.2, 0.25) is 0 Å². The average Bonchev–Trinajstić information content (AvgIpc) is 2.42. The Morgan fingerprint density at radius 3 is 2.57 bits per heavy atom. The molecule has 0 aromatic heterocycles. The van der Waals surface area contributed by atoms with Gasteiger partial charge >= 0.3 is 0 Å². The minimum Gasteiger partial charge on any atom is -0.397 e. The molecule has 114 valence electrons. The van der Waals surface area contributed by atoms with Crippen molar-refractivity contribution in [2.45, 2.75) is 12.8 Å². The van der Waals surface area contributed by atoms with Gasteiger partial charge in [-0.25, -0.2) is 4.39 Å². The summed E-state index contributed by atoms with van der Waals surface area (Å²) in [7, 11) is 0. The number of hydrogen-bond donors (Lipinski definition) is 3. The number of anilines is 2. The van der Waals surface area contributed by atoms with Gasteiger partial charge in [0.25, 0.3) is 0 Å². The molecule has 7 heteroatoms. The van der Waals surface area contributed by atoms with Crippen LogP contribution in [0.5, 0.6) is 0 Å². The number of likely N-dealkylation sites (tertiary alicyclic amines) is 1. The fourth-order valence-corrected chi connectivity index (χ4v) is 2.42. The van der Waals surface area contributed by atoms with Crippen LogP contribution in [0.4, 0.5) is 15.8 Å². The Kier molecular flexibility index (Phi) is 4.74. The van der Waals surface area contributed by atoms with Crippen molar-refractivity contribution in [3.8, 4) is 0 Å². The summed E-state index contributed by atoms with van der Waals surface area (Å²) in [6.07, 6.45) is 1.34. The van der Waals surface area contributed by atoms with Crippen molar-refractivity contribution >= 4 is 23.2 Å². The number of benzene rings is 1. The number of piperidine rings is 1. The molecular formula is C14H19FN4O2. The van der Waals surface area contributed by atoms with Crippen molar-refractivity contribution in [1.82, 2.24) is 4.90 Å². The molecule has 1 heterocycles. The molecule has 6 nitrogen and oxygen atoms in total. The van der Waals surface area contributed by atoms with E-state index in [-0.39, 0.29) is 30.0 Å². The second kappa shape index (κ2) is 6.53. The molecule has 1 aromatic rings. The summed E-state index contributed by atoms with van der Waals surface area (Å²) in [5.74, 6) is -1.04. The van der Waals surface area contributed by atoms with Crippen molar-refractivity contribution in [2.75, 3.05) is 30.7 Å². The van der Waals surface area contributed by atoms with Crippen LogP contribution in [0.15, 0.2) is 18.2 Å². The quantitative estimate of drug-likeness (QED) is 0.705. The summed E-state index contributed by atoms with van der Waals surface area (Å²) in [6.45, 7) is 1.52. The van der Waals surface area contributed by atoms with Crippen molar-refractivity contribution in [1.29, 1.82) is 0 Å². The molecule has 5 N–H and O–H groups in total. The van der Waals surface area contributed by atoms with Gasteiger partial charge in [-0.1, -0.05) is 0 Å². The maximum atomic E-state index is 12.9. The van der Waals surface area contributed by atoms with Gasteiger partial charge in [-0.05, 0) is 44.1 Å². The maximum Gasteiger partial charge on any atom is 0.238 e. The summed E-state index contributed by atoms with van der Waals surface area (Å²) >= 11 is 0. The molecule has 1 aromatic carbocycles. The Morgan fingerprint density at radius 1 is 1.33 bits per heavy atom. The molecule has 1 aliphatic rings. The third-order valence-corrected chi connectivity index (χ3v) is 3.64. The van der Waals surface area contributed by atoms with E-state index in [2.05, 4.69) is 5.32 Å². The number of halogens is 1. The van der Waals surface area contributed by atoms with Gasteiger partial charge in [-0.3, -0.25) is 14.5 Å². The number of carbonyl (C=O) groups excluding carboxylic acids is 2. The largest absolute Gasteiger partial charge is 0.397 e. The van der Waals surface area contributed by atoms with Crippen LogP contribution >= 0.6 is 0 Å². The van der Waals surface area contributed by atoms with Crippen LogP contribution in [-0.4, -0.2) is 36.3 Å². The minimum atomic E-state index is -0.445. The summed E-state index contributed by atoms with van der Waals surface area (Å²) < 4.78 is 12.9. The topological polar surface area (TPSA) is 101 Å². The van der Waals surface area contributed by atoms with Crippen LogP contribution < -0.4 is 16.8 Å². The number of nitrogens with two attached hydrogens (primary N) is 2. The molecule has 0 saturated carbocycles. The van der Waals surface area contributed by atoms with E-state index >= 15 is 0 Å². The molecule has 0 radical (unpaired) electrons. The number of nitrogen functional groups attached to an aromatic ring is 1. The van der Waals surface area contributed by atoms with E-state index in [1.165, 1.54) is 12.1 Å². The van der Waals surface area contributed by atoms with Crippen molar-refractivity contribution in [3.63, 3.8) is 0 Å². The van der Waals surface area contributed by atoms with Gasteiger partial charge in [0.1, 0.15) is 5.82 Å². The lowest BCUT2D eigenvalue weighted by atomic mass is 9.96. The number of nitrogens with one attached hydrogen (secondary N) is 1. The van der Waals surface area contributed by atoms with E-state index in [1.807, 2.05) is 4.90 Å². The zero-order chi connectivity index (χ0) is 15.4. The molecule has 0 bridgehead atoms. The number of amides is 2. The van der Waals surface area contributed by atoms with Gasteiger partial charge in [-0.2, -0.15) is 0 Å².